The summed E-state index contributed by atoms with van der Waals surface area (Å²) < 4.78 is 1.92. The Bertz CT molecular complexity index is 963. The van der Waals surface area contributed by atoms with Gasteiger partial charge in [-0.15, -0.1) is 0 Å². The van der Waals surface area contributed by atoms with E-state index in [-0.39, 0.29) is 18.5 Å². The average Bonchev–Trinajstić information content (AvgIpc) is 3.05. The lowest BCUT2D eigenvalue weighted by Gasteiger charge is -2.27. The summed E-state index contributed by atoms with van der Waals surface area (Å²) in [5, 5.41) is 6.86. The molecule has 2 aromatic carbocycles. The lowest BCUT2D eigenvalue weighted by atomic mass is 10.2. The number of urea groups is 1. The molecule has 0 saturated carbocycles. The van der Waals surface area contributed by atoms with Crippen molar-refractivity contribution in [3.05, 3.63) is 60.8 Å². The van der Waals surface area contributed by atoms with Gasteiger partial charge in [0.1, 0.15) is 6.54 Å². The van der Waals surface area contributed by atoms with Gasteiger partial charge in [-0.05, 0) is 42.1 Å². The number of aromatic nitrogens is 1. The molecule has 2 N–H and O–H groups in total. The number of amides is 3. The fourth-order valence-electron chi connectivity index (χ4n) is 3.26. The summed E-state index contributed by atoms with van der Waals surface area (Å²) in [6.07, 6.45) is 2.82. The number of hydrogen-bond donors (Lipinski definition) is 2. The summed E-state index contributed by atoms with van der Waals surface area (Å²) in [5.74, 6) is -0.105. The first-order valence-corrected chi connectivity index (χ1v) is 8.70. The van der Waals surface area contributed by atoms with E-state index < -0.39 is 0 Å². The Labute approximate surface area is 151 Å². The van der Waals surface area contributed by atoms with Crippen molar-refractivity contribution in [2.45, 2.75) is 13.0 Å². The highest BCUT2D eigenvalue weighted by molar-refractivity contribution is 5.95. The lowest BCUT2D eigenvalue weighted by Crippen LogP contribution is -2.46. The third-order valence-electron chi connectivity index (χ3n) is 4.52. The molecular weight excluding hydrogens is 328 g/mol. The highest BCUT2D eigenvalue weighted by Gasteiger charge is 2.19. The highest BCUT2D eigenvalue weighted by atomic mass is 16.2. The van der Waals surface area contributed by atoms with Crippen molar-refractivity contribution in [1.82, 2.24) is 9.88 Å². The Kier molecular flexibility index (Phi) is 4.31. The molecule has 0 atom stereocenters. The summed E-state index contributed by atoms with van der Waals surface area (Å²) in [6, 6.07) is 17.2. The zero-order valence-electron chi connectivity index (χ0n) is 14.3. The topological polar surface area (TPSA) is 66.4 Å². The molecule has 26 heavy (non-hydrogen) atoms. The van der Waals surface area contributed by atoms with E-state index in [4.69, 9.17) is 0 Å². The molecule has 1 aliphatic heterocycles. The quantitative estimate of drug-likeness (QED) is 0.760. The second-order valence-corrected chi connectivity index (χ2v) is 6.34. The molecule has 6 nitrogen and oxygen atoms in total. The monoisotopic (exact) mass is 348 g/mol. The van der Waals surface area contributed by atoms with Crippen LogP contribution < -0.4 is 15.5 Å². The van der Waals surface area contributed by atoms with Gasteiger partial charge in [0.05, 0.1) is 0 Å². The molecule has 2 heterocycles. The number of hydrogen-bond acceptors (Lipinski definition) is 2. The normalized spacial score (nSPS) is 14.3. The van der Waals surface area contributed by atoms with Crippen LogP contribution in [0.4, 0.5) is 16.2 Å². The SMILES string of the molecule is O=C(Cn1ccc2ccccc21)Nc1cccc(N2CCCNC2=O)c1. The van der Waals surface area contributed by atoms with Gasteiger partial charge in [0.2, 0.25) is 5.91 Å². The predicted molar refractivity (Wildman–Crippen MR) is 102 cm³/mol. The fraction of sp³-hybridized carbons (Fsp3) is 0.200. The summed E-state index contributed by atoms with van der Waals surface area (Å²) >= 11 is 0. The Morgan fingerprint density at radius 2 is 2.00 bits per heavy atom. The van der Waals surface area contributed by atoms with E-state index in [2.05, 4.69) is 10.6 Å². The first-order valence-electron chi connectivity index (χ1n) is 8.70. The minimum absolute atomic E-state index is 0.0986. The van der Waals surface area contributed by atoms with E-state index in [0.717, 1.165) is 23.0 Å². The smallest absolute Gasteiger partial charge is 0.321 e. The molecule has 3 amide bonds. The predicted octanol–water partition coefficient (Wildman–Crippen LogP) is 3.20. The second kappa shape index (κ2) is 6.92. The van der Waals surface area contributed by atoms with Gasteiger partial charge >= 0.3 is 6.03 Å². The number of carbonyl (C=O) groups excluding carboxylic acids is 2. The minimum Gasteiger partial charge on any atom is -0.338 e. The Morgan fingerprint density at radius 1 is 1.12 bits per heavy atom. The van der Waals surface area contributed by atoms with Crippen LogP contribution in [0.25, 0.3) is 10.9 Å². The van der Waals surface area contributed by atoms with Gasteiger partial charge in [0.15, 0.2) is 0 Å². The fourth-order valence-corrected chi connectivity index (χ4v) is 3.26. The Morgan fingerprint density at radius 3 is 2.88 bits per heavy atom. The standard InChI is InChI=1S/C20H20N4O2/c25-19(14-23-12-9-15-5-1-2-8-18(15)23)22-16-6-3-7-17(13-16)24-11-4-10-21-20(24)26/h1-3,5-9,12-13H,4,10-11,14H2,(H,21,26)(H,22,25). The molecule has 0 bridgehead atoms. The van der Waals surface area contributed by atoms with E-state index in [1.807, 2.05) is 65.4 Å². The molecule has 1 aliphatic rings. The number of fused-ring (bicyclic) bond motifs is 1. The minimum atomic E-state index is -0.105. The van der Waals surface area contributed by atoms with E-state index in [1.165, 1.54) is 0 Å². The lowest BCUT2D eigenvalue weighted by molar-refractivity contribution is -0.116. The number of anilines is 2. The largest absolute Gasteiger partial charge is 0.338 e. The summed E-state index contributed by atoms with van der Waals surface area (Å²) in [6.45, 7) is 1.62. The van der Waals surface area contributed by atoms with Crippen LogP contribution in [0.2, 0.25) is 0 Å². The average molecular weight is 348 g/mol. The van der Waals surface area contributed by atoms with Crippen LogP contribution in [0.5, 0.6) is 0 Å². The zero-order valence-corrected chi connectivity index (χ0v) is 14.3. The van der Waals surface area contributed by atoms with Gasteiger partial charge in [-0.25, -0.2) is 4.79 Å². The van der Waals surface area contributed by atoms with Gasteiger partial charge in [0, 0.05) is 36.2 Å². The molecular formula is C20H20N4O2. The first-order chi connectivity index (χ1) is 12.7. The van der Waals surface area contributed by atoms with Crippen molar-refractivity contribution in [3.8, 4) is 0 Å². The Hall–Kier alpha value is -3.28. The summed E-state index contributed by atoms with van der Waals surface area (Å²) in [4.78, 5) is 26.1. The van der Waals surface area contributed by atoms with Gasteiger partial charge in [-0.3, -0.25) is 9.69 Å². The molecule has 1 fully saturated rings. The third-order valence-corrected chi connectivity index (χ3v) is 4.52. The van der Waals surface area contributed by atoms with E-state index in [1.54, 1.807) is 4.90 Å². The maximum absolute atomic E-state index is 12.5. The summed E-state index contributed by atoms with van der Waals surface area (Å²) in [5.41, 5.74) is 2.50. The molecule has 3 aromatic rings. The van der Waals surface area contributed by atoms with Crippen molar-refractivity contribution < 1.29 is 9.59 Å². The number of para-hydroxylation sites is 1. The van der Waals surface area contributed by atoms with E-state index >= 15 is 0 Å². The number of carbonyl (C=O) groups is 2. The molecule has 6 heteroatoms. The van der Waals surface area contributed by atoms with Crippen LogP contribution in [0, 0.1) is 0 Å². The highest BCUT2D eigenvalue weighted by Crippen LogP contribution is 2.21. The molecule has 0 aliphatic carbocycles. The van der Waals surface area contributed by atoms with Crippen LogP contribution in [0.3, 0.4) is 0 Å². The second-order valence-electron chi connectivity index (χ2n) is 6.34. The summed E-state index contributed by atoms with van der Waals surface area (Å²) in [7, 11) is 0. The number of rotatable bonds is 4. The van der Waals surface area contributed by atoms with Crippen molar-refractivity contribution in [3.63, 3.8) is 0 Å². The molecule has 1 aromatic heterocycles. The third kappa shape index (κ3) is 3.26. The number of nitrogens with one attached hydrogen (secondary N) is 2. The molecule has 132 valence electrons. The van der Waals surface area contributed by atoms with E-state index in [9.17, 15) is 9.59 Å². The van der Waals surface area contributed by atoms with Gasteiger partial charge < -0.3 is 15.2 Å². The number of nitrogens with zero attached hydrogens (tertiary/aromatic N) is 2. The number of benzene rings is 2. The van der Waals surface area contributed by atoms with Gasteiger partial charge in [-0.2, -0.15) is 0 Å². The maximum Gasteiger partial charge on any atom is 0.321 e. The Balaban J connectivity index is 1.47. The maximum atomic E-state index is 12.5. The van der Waals surface area contributed by atoms with E-state index in [0.29, 0.717) is 18.8 Å². The first kappa shape index (κ1) is 16.2. The molecule has 0 radical (unpaired) electrons. The molecule has 4 rings (SSSR count). The van der Waals surface area contributed by atoms with Crippen LogP contribution in [0.1, 0.15) is 6.42 Å². The molecule has 1 saturated heterocycles. The molecule has 0 unspecified atom stereocenters. The van der Waals surface area contributed by atoms with Crippen LogP contribution >= 0.6 is 0 Å². The zero-order chi connectivity index (χ0) is 17.9. The van der Waals surface area contributed by atoms with Crippen LogP contribution in [-0.4, -0.2) is 29.6 Å². The van der Waals surface area contributed by atoms with Crippen molar-refractivity contribution >= 4 is 34.2 Å². The molecule has 0 spiro atoms. The van der Waals surface area contributed by atoms with Crippen LogP contribution in [-0.2, 0) is 11.3 Å². The van der Waals surface area contributed by atoms with Crippen molar-refractivity contribution in [2.24, 2.45) is 0 Å². The van der Waals surface area contributed by atoms with Gasteiger partial charge in [0.25, 0.3) is 0 Å². The van der Waals surface area contributed by atoms with Gasteiger partial charge in [-0.1, -0.05) is 24.3 Å². The van der Waals surface area contributed by atoms with Crippen molar-refractivity contribution in [2.75, 3.05) is 23.3 Å². The van der Waals surface area contributed by atoms with Crippen LogP contribution in [0.15, 0.2) is 60.8 Å². The van der Waals surface area contributed by atoms with Crippen molar-refractivity contribution in [1.29, 1.82) is 0 Å².